The Bertz CT molecular complexity index is 2150. The molecule has 2 amide bonds. The topological polar surface area (TPSA) is 129 Å². The van der Waals surface area contributed by atoms with Gasteiger partial charge in [-0.25, -0.2) is 33.5 Å². The molecule has 7 rings (SSSR count). The Kier molecular flexibility index (Phi) is 10.3. The Morgan fingerprint density at radius 3 is 1.76 bits per heavy atom. The predicted molar refractivity (Wildman–Crippen MR) is 184 cm³/mol. The van der Waals surface area contributed by atoms with Crippen molar-refractivity contribution in [1.82, 2.24) is 39.7 Å². The lowest BCUT2D eigenvalue weighted by molar-refractivity contribution is 0.237. The Hall–Kier alpha value is -6.01. The minimum Gasteiger partial charge on any atom is -0.332 e. The van der Waals surface area contributed by atoms with E-state index in [9.17, 15) is 13.6 Å². The number of hydrogen-bond donors (Lipinski definition) is 3. The molecule has 1 atom stereocenters. The van der Waals surface area contributed by atoms with Gasteiger partial charge in [0.2, 0.25) is 0 Å². The second-order valence-corrected chi connectivity index (χ2v) is 11.3. The minimum absolute atomic E-state index is 0.120. The number of benzene rings is 3. The van der Waals surface area contributed by atoms with Gasteiger partial charge in [-0.3, -0.25) is 0 Å². The average molecular weight is 660 g/mol. The first-order valence-corrected chi connectivity index (χ1v) is 15.8. The van der Waals surface area contributed by atoms with Gasteiger partial charge in [-0.05, 0) is 72.1 Å². The van der Waals surface area contributed by atoms with Crippen LogP contribution in [0.5, 0.6) is 0 Å². The van der Waals surface area contributed by atoms with Gasteiger partial charge in [0.05, 0.1) is 32.2 Å². The smallest absolute Gasteiger partial charge is 0.315 e. The van der Waals surface area contributed by atoms with Gasteiger partial charge in [0.25, 0.3) is 0 Å². The van der Waals surface area contributed by atoms with Crippen LogP contribution in [0.1, 0.15) is 41.3 Å². The molecular formula is C37H35F2N9O. The highest BCUT2D eigenvalue weighted by Gasteiger charge is 2.15. The van der Waals surface area contributed by atoms with E-state index in [4.69, 9.17) is 5.73 Å². The summed E-state index contributed by atoms with van der Waals surface area (Å²) in [5, 5.41) is 5.81. The molecule has 0 radical (unpaired) electrons. The first-order valence-electron chi connectivity index (χ1n) is 15.8. The van der Waals surface area contributed by atoms with Gasteiger partial charge >= 0.3 is 6.03 Å². The average Bonchev–Trinajstić information content (AvgIpc) is 3.67. The molecule has 4 aromatic heterocycles. The number of carbonyl (C=O) groups is 1. The first kappa shape index (κ1) is 32.9. The second kappa shape index (κ2) is 15.3. The third kappa shape index (κ3) is 8.11. The number of urea groups is 1. The van der Waals surface area contributed by atoms with E-state index in [0.717, 1.165) is 44.8 Å². The van der Waals surface area contributed by atoms with Crippen molar-refractivity contribution in [3.63, 3.8) is 0 Å². The normalized spacial score (nSPS) is 11.6. The molecule has 0 saturated carbocycles. The monoisotopic (exact) mass is 659 g/mol. The SMILES string of the molecule is C[C@H](NC(=O)NCc1nc2cccnc2n1Cc1ccc(F)cc1)c1ccccc1.NCc1nc2cccnc2n1Cc1ccc(F)cc1. The second-order valence-electron chi connectivity index (χ2n) is 11.3. The number of amides is 2. The third-order valence-electron chi connectivity index (χ3n) is 7.91. The van der Waals surface area contributed by atoms with Gasteiger partial charge in [-0.1, -0.05) is 54.6 Å². The summed E-state index contributed by atoms with van der Waals surface area (Å²) in [5.41, 5.74) is 11.7. The van der Waals surface area contributed by atoms with Gasteiger partial charge in [-0.15, -0.1) is 0 Å². The zero-order valence-corrected chi connectivity index (χ0v) is 26.8. The molecule has 4 N–H and O–H groups in total. The molecule has 0 aliphatic carbocycles. The van der Waals surface area contributed by atoms with E-state index in [1.165, 1.54) is 24.3 Å². The summed E-state index contributed by atoms with van der Waals surface area (Å²) in [6.45, 7) is 3.58. The van der Waals surface area contributed by atoms with Crippen molar-refractivity contribution < 1.29 is 13.6 Å². The zero-order valence-electron chi connectivity index (χ0n) is 26.8. The Labute approximate surface area is 281 Å². The molecule has 7 aromatic rings. The summed E-state index contributed by atoms with van der Waals surface area (Å²) >= 11 is 0. The van der Waals surface area contributed by atoms with Crippen LogP contribution in [0.3, 0.4) is 0 Å². The first-order chi connectivity index (χ1) is 23.9. The number of rotatable bonds is 9. The molecule has 3 aromatic carbocycles. The molecule has 0 bridgehead atoms. The summed E-state index contributed by atoms with van der Waals surface area (Å²) in [5.74, 6) is 0.934. The van der Waals surface area contributed by atoms with Gasteiger partial charge in [0.1, 0.15) is 34.3 Å². The molecule has 0 saturated heterocycles. The van der Waals surface area contributed by atoms with Gasteiger partial charge in [-0.2, -0.15) is 0 Å². The lowest BCUT2D eigenvalue weighted by atomic mass is 10.1. The highest BCUT2D eigenvalue weighted by atomic mass is 19.1. The fraction of sp³-hybridized carbons (Fsp3) is 0.162. The highest BCUT2D eigenvalue weighted by molar-refractivity contribution is 5.75. The summed E-state index contributed by atoms with van der Waals surface area (Å²) in [6, 6.07) is 29.5. The Morgan fingerprint density at radius 2 is 1.22 bits per heavy atom. The Balaban J connectivity index is 0.000000188. The standard InChI is InChI=1S/C23H22FN5O.C14H13FN4/c1-16(18-6-3-2-4-7-18)27-23(30)26-14-21-28-20-8-5-13-25-22(20)29(21)15-17-9-11-19(24)12-10-17;15-11-5-3-10(4-6-11)9-19-13(8-16)18-12-2-1-7-17-14(12)19/h2-13,16H,14-15H2,1H3,(H2,26,27,30);1-7H,8-9,16H2/t16-;/m0./s1. The number of carbonyl (C=O) groups excluding carboxylic acids is 1. The number of hydrogen-bond acceptors (Lipinski definition) is 6. The van der Waals surface area contributed by atoms with Crippen LogP contribution in [0.2, 0.25) is 0 Å². The van der Waals surface area contributed by atoms with Crippen molar-refractivity contribution in [2.75, 3.05) is 0 Å². The van der Waals surface area contributed by atoms with E-state index >= 15 is 0 Å². The lowest BCUT2D eigenvalue weighted by Gasteiger charge is -2.15. The quantitative estimate of drug-likeness (QED) is 0.168. The fourth-order valence-corrected chi connectivity index (χ4v) is 5.41. The number of nitrogens with two attached hydrogens (primary N) is 1. The van der Waals surface area contributed by atoms with Gasteiger partial charge in [0, 0.05) is 12.4 Å². The van der Waals surface area contributed by atoms with Crippen LogP contribution in [0, 0.1) is 11.6 Å². The molecule has 0 spiro atoms. The molecule has 0 unspecified atom stereocenters. The summed E-state index contributed by atoms with van der Waals surface area (Å²) < 4.78 is 30.1. The van der Waals surface area contributed by atoms with Gasteiger partial charge < -0.3 is 25.5 Å². The van der Waals surface area contributed by atoms with E-state index in [-0.39, 0.29) is 30.3 Å². The number of aromatic nitrogens is 6. The molecule has 248 valence electrons. The van der Waals surface area contributed by atoms with E-state index in [0.29, 0.717) is 25.5 Å². The molecular weight excluding hydrogens is 624 g/mol. The van der Waals surface area contributed by atoms with Crippen molar-refractivity contribution in [3.05, 3.63) is 155 Å². The van der Waals surface area contributed by atoms with Crippen molar-refractivity contribution in [2.45, 2.75) is 39.1 Å². The van der Waals surface area contributed by atoms with Crippen molar-refractivity contribution in [1.29, 1.82) is 0 Å². The number of nitrogens with one attached hydrogen (secondary N) is 2. The summed E-state index contributed by atoms with van der Waals surface area (Å²) in [6.07, 6.45) is 3.43. The number of nitrogens with zero attached hydrogens (tertiary/aromatic N) is 6. The van der Waals surface area contributed by atoms with Crippen LogP contribution in [0.25, 0.3) is 22.3 Å². The minimum atomic E-state index is -0.279. The fourth-order valence-electron chi connectivity index (χ4n) is 5.41. The largest absolute Gasteiger partial charge is 0.332 e. The molecule has 0 aliphatic heterocycles. The van der Waals surface area contributed by atoms with Crippen molar-refractivity contribution in [2.24, 2.45) is 5.73 Å². The maximum Gasteiger partial charge on any atom is 0.315 e. The number of fused-ring (bicyclic) bond motifs is 2. The predicted octanol–water partition coefficient (Wildman–Crippen LogP) is 6.26. The molecule has 49 heavy (non-hydrogen) atoms. The number of halogens is 2. The van der Waals surface area contributed by atoms with E-state index in [2.05, 4.69) is 30.6 Å². The van der Waals surface area contributed by atoms with Crippen LogP contribution in [-0.4, -0.2) is 35.1 Å². The molecule has 4 heterocycles. The van der Waals surface area contributed by atoms with Crippen LogP contribution in [0.4, 0.5) is 13.6 Å². The maximum absolute atomic E-state index is 13.2. The van der Waals surface area contributed by atoms with Crippen molar-refractivity contribution in [3.8, 4) is 0 Å². The molecule has 0 fully saturated rings. The third-order valence-corrected chi connectivity index (χ3v) is 7.91. The van der Waals surface area contributed by atoms with E-state index < -0.39 is 0 Å². The number of pyridine rings is 2. The maximum atomic E-state index is 13.2. The van der Waals surface area contributed by atoms with Crippen LogP contribution < -0.4 is 16.4 Å². The Morgan fingerprint density at radius 1 is 0.714 bits per heavy atom. The summed E-state index contributed by atoms with van der Waals surface area (Å²) in [4.78, 5) is 30.2. The number of imidazole rings is 2. The van der Waals surface area contributed by atoms with Crippen LogP contribution >= 0.6 is 0 Å². The van der Waals surface area contributed by atoms with E-state index in [1.54, 1.807) is 36.7 Å². The lowest BCUT2D eigenvalue weighted by Crippen LogP contribution is -2.37. The molecule has 10 nitrogen and oxygen atoms in total. The van der Waals surface area contributed by atoms with Crippen LogP contribution in [0.15, 0.2) is 116 Å². The van der Waals surface area contributed by atoms with Crippen LogP contribution in [-0.2, 0) is 26.2 Å². The molecule has 0 aliphatic rings. The van der Waals surface area contributed by atoms with Crippen molar-refractivity contribution >= 4 is 28.4 Å². The zero-order chi connectivity index (χ0) is 34.2. The van der Waals surface area contributed by atoms with E-state index in [1.807, 2.05) is 70.7 Å². The van der Waals surface area contributed by atoms with Gasteiger partial charge in [0.15, 0.2) is 11.3 Å². The molecule has 12 heteroatoms. The highest BCUT2D eigenvalue weighted by Crippen LogP contribution is 2.18. The summed E-state index contributed by atoms with van der Waals surface area (Å²) in [7, 11) is 0.